The lowest BCUT2D eigenvalue weighted by atomic mass is 10.4. The fourth-order valence-corrected chi connectivity index (χ4v) is 0.741. The first-order valence-electron chi connectivity index (χ1n) is 3.54. The molecule has 0 fully saturated rings. The summed E-state index contributed by atoms with van der Waals surface area (Å²) in [5.74, 6) is -9.36. The molecule has 0 bridgehead atoms. The molecule has 0 aliphatic rings. The van der Waals surface area contributed by atoms with Crippen molar-refractivity contribution in [3.8, 4) is 5.75 Å². The Kier molecular flexibility index (Phi) is 3.38. The SMILES string of the molecule is Fc1nc(F)c(F)c(OCC(F)F)c1F. The van der Waals surface area contributed by atoms with Crippen molar-refractivity contribution in [1.29, 1.82) is 0 Å². The van der Waals surface area contributed by atoms with Gasteiger partial charge in [-0.1, -0.05) is 0 Å². The first-order chi connectivity index (χ1) is 6.93. The fraction of sp³-hybridized carbons (Fsp3) is 0.286. The molecule has 0 unspecified atom stereocenters. The third kappa shape index (κ3) is 2.51. The summed E-state index contributed by atoms with van der Waals surface area (Å²) < 4.78 is 77.2. The number of rotatable bonds is 3. The van der Waals surface area contributed by atoms with Gasteiger partial charge in [0.2, 0.25) is 17.4 Å². The van der Waals surface area contributed by atoms with Crippen molar-refractivity contribution in [1.82, 2.24) is 4.98 Å². The van der Waals surface area contributed by atoms with E-state index in [1.54, 1.807) is 0 Å². The molecule has 0 aromatic carbocycles. The Labute approximate surface area is 79.5 Å². The lowest BCUT2D eigenvalue weighted by Crippen LogP contribution is -2.12. The van der Waals surface area contributed by atoms with Crippen molar-refractivity contribution in [3.63, 3.8) is 0 Å². The third-order valence-electron chi connectivity index (χ3n) is 1.31. The van der Waals surface area contributed by atoms with Crippen LogP contribution in [0.4, 0.5) is 26.3 Å². The Balaban J connectivity index is 3.04. The van der Waals surface area contributed by atoms with Crippen LogP contribution in [-0.2, 0) is 0 Å². The molecule has 2 nitrogen and oxygen atoms in total. The van der Waals surface area contributed by atoms with E-state index in [1.165, 1.54) is 0 Å². The van der Waals surface area contributed by atoms with Gasteiger partial charge in [0, 0.05) is 0 Å². The summed E-state index contributed by atoms with van der Waals surface area (Å²) in [6.07, 6.45) is -3.02. The topological polar surface area (TPSA) is 22.1 Å². The molecule has 8 heteroatoms. The second kappa shape index (κ2) is 4.37. The molecule has 0 spiro atoms. The third-order valence-corrected chi connectivity index (χ3v) is 1.31. The van der Waals surface area contributed by atoms with Gasteiger partial charge in [-0.25, -0.2) is 8.78 Å². The van der Waals surface area contributed by atoms with Crippen molar-refractivity contribution in [2.75, 3.05) is 6.61 Å². The van der Waals surface area contributed by atoms with E-state index in [4.69, 9.17) is 0 Å². The molecular weight excluding hydrogens is 228 g/mol. The minimum atomic E-state index is -3.02. The summed E-state index contributed by atoms with van der Waals surface area (Å²) in [6.45, 7) is -1.38. The first kappa shape index (κ1) is 11.6. The summed E-state index contributed by atoms with van der Waals surface area (Å²) in [4.78, 5) is 2.21. The van der Waals surface area contributed by atoms with Crippen LogP contribution in [0, 0.1) is 23.5 Å². The minimum Gasteiger partial charge on any atom is -0.481 e. The second-order valence-corrected chi connectivity index (χ2v) is 2.35. The predicted octanol–water partition coefficient (Wildman–Crippen LogP) is 2.28. The second-order valence-electron chi connectivity index (χ2n) is 2.35. The molecule has 0 radical (unpaired) electrons. The molecule has 0 atom stereocenters. The van der Waals surface area contributed by atoms with E-state index in [9.17, 15) is 26.3 Å². The van der Waals surface area contributed by atoms with Crippen molar-refractivity contribution >= 4 is 0 Å². The highest BCUT2D eigenvalue weighted by Crippen LogP contribution is 2.24. The summed E-state index contributed by atoms with van der Waals surface area (Å²) in [5.41, 5.74) is 0. The van der Waals surface area contributed by atoms with Gasteiger partial charge in [-0.15, -0.1) is 0 Å². The van der Waals surface area contributed by atoms with Crippen LogP contribution in [0.15, 0.2) is 0 Å². The number of pyridine rings is 1. The molecule has 1 heterocycles. The number of hydrogen-bond donors (Lipinski definition) is 0. The van der Waals surface area contributed by atoms with E-state index in [-0.39, 0.29) is 0 Å². The quantitative estimate of drug-likeness (QED) is 0.588. The monoisotopic (exact) mass is 231 g/mol. The van der Waals surface area contributed by atoms with Crippen LogP contribution in [-0.4, -0.2) is 18.0 Å². The molecule has 15 heavy (non-hydrogen) atoms. The van der Waals surface area contributed by atoms with Crippen molar-refractivity contribution in [2.45, 2.75) is 6.43 Å². The van der Waals surface area contributed by atoms with Crippen LogP contribution in [0.3, 0.4) is 0 Å². The van der Waals surface area contributed by atoms with E-state index in [1.807, 2.05) is 0 Å². The number of nitrogens with zero attached hydrogens (tertiary/aromatic N) is 1. The first-order valence-corrected chi connectivity index (χ1v) is 3.54. The standard InChI is InChI=1S/C7H3F6NO/c8-2(9)1-15-5-3(10)6(12)14-7(13)4(5)11/h2H,1H2. The Hall–Kier alpha value is -1.47. The molecule has 0 aliphatic carbocycles. The van der Waals surface area contributed by atoms with Crippen LogP contribution < -0.4 is 4.74 Å². The van der Waals surface area contributed by atoms with E-state index in [2.05, 4.69) is 9.72 Å². The van der Waals surface area contributed by atoms with Gasteiger partial charge < -0.3 is 4.74 Å². The molecule has 1 aromatic rings. The largest absolute Gasteiger partial charge is 0.481 e. The average molecular weight is 231 g/mol. The van der Waals surface area contributed by atoms with Crippen LogP contribution in [0.2, 0.25) is 0 Å². The molecule has 1 rings (SSSR count). The molecule has 0 N–H and O–H groups in total. The zero-order valence-electron chi connectivity index (χ0n) is 6.91. The molecular formula is C7H3F6NO. The number of halogens is 6. The zero-order valence-corrected chi connectivity index (χ0v) is 6.91. The number of aromatic nitrogens is 1. The van der Waals surface area contributed by atoms with Gasteiger partial charge in [0.25, 0.3) is 18.3 Å². The van der Waals surface area contributed by atoms with Gasteiger partial charge in [-0.2, -0.15) is 22.5 Å². The van der Waals surface area contributed by atoms with Crippen molar-refractivity contribution in [3.05, 3.63) is 23.5 Å². The Morgan fingerprint density at radius 2 is 1.47 bits per heavy atom. The lowest BCUT2D eigenvalue weighted by molar-refractivity contribution is 0.0762. The van der Waals surface area contributed by atoms with Gasteiger partial charge in [-0.05, 0) is 0 Å². The van der Waals surface area contributed by atoms with Gasteiger partial charge in [0.05, 0.1) is 0 Å². The van der Waals surface area contributed by atoms with Crippen molar-refractivity contribution in [2.24, 2.45) is 0 Å². The molecule has 0 amide bonds. The van der Waals surface area contributed by atoms with Gasteiger partial charge in [0.1, 0.15) is 6.61 Å². The highest BCUT2D eigenvalue weighted by molar-refractivity contribution is 5.24. The number of alkyl halides is 2. The molecule has 84 valence electrons. The van der Waals surface area contributed by atoms with Crippen LogP contribution in [0.25, 0.3) is 0 Å². The summed E-state index contributed by atoms with van der Waals surface area (Å²) in [5, 5.41) is 0. The van der Waals surface area contributed by atoms with Crippen LogP contribution in [0.1, 0.15) is 0 Å². The van der Waals surface area contributed by atoms with E-state index in [0.717, 1.165) is 0 Å². The highest BCUT2D eigenvalue weighted by atomic mass is 19.3. The lowest BCUT2D eigenvalue weighted by Gasteiger charge is -2.07. The maximum atomic E-state index is 12.7. The number of ether oxygens (including phenoxy) is 1. The smallest absolute Gasteiger partial charge is 0.272 e. The predicted molar refractivity (Wildman–Crippen MR) is 35.6 cm³/mol. The minimum absolute atomic E-state index is 1.38. The molecule has 1 aromatic heterocycles. The van der Waals surface area contributed by atoms with E-state index in [0.29, 0.717) is 0 Å². The van der Waals surface area contributed by atoms with Gasteiger partial charge in [0.15, 0.2) is 0 Å². The Morgan fingerprint density at radius 1 is 1.00 bits per heavy atom. The molecule has 0 aliphatic heterocycles. The summed E-state index contributed by atoms with van der Waals surface area (Å²) >= 11 is 0. The van der Waals surface area contributed by atoms with Gasteiger partial charge >= 0.3 is 0 Å². The van der Waals surface area contributed by atoms with Crippen LogP contribution in [0.5, 0.6) is 5.75 Å². The fourth-order valence-electron chi connectivity index (χ4n) is 0.741. The number of hydrogen-bond acceptors (Lipinski definition) is 2. The normalized spacial score (nSPS) is 10.9. The van der Waals surface area contributed by atoms with Gasteiger partial charge in [-0.3, -0.25) is 0 Å². The zero-order chi connectivity index (χ0) is 11.6. The maximum Gasteiger partial charge on any atom is 0.272 e. The van der Waals surface area contributed by atoms with Crippen LogP contribution >= 0.6 is 0 Å². The highest BCUT2D eigenvalue weighted by Gasteiger charge is 2.22. The molecule has 0 saturated carbocycles. The summed E-state index contributed by atoms with van der Waals surface area (Å²) in [7, 11) is 0. The van der Waals surface area contributed by atoms with E-state index < -0.39 is 42.3 Å². The Morgan fingerprint density at radius 3 is 1.87 bits per heavy atom. The average Bonchev–Trinajstić information content (AvgIpc) is 2.14. The summed E-state index contributed by atoms with van der Waals surface area (Å²) in [6, 6.07) is 0. The molecule has 0 saturated heterocycles. The van der Waals surface area contributed by atoms with Crippen molar-refractivity contribution < 1.29 is 31.1 Å². The maximum absolute atomic E-state index is 12.7. The Bertz CT molecular complexity index is 343. The van der Waals surface area contributed by atoms with E-state index >= 15 is 0 Å².